The molecule has 1 aromatic carbocycles. The van der Waals surface area contributed by atoms with Crippen molar-refractivity contribution >= 4 is 6.08 Å². The van der Waals surface area contributed by atoms with Crippen LogP contribution in [-0.4, -0.2) is 11.7 Å². The molecule has 80 valence electrons. The summed E-state index contributed by atoms with van der Waals surface area (Å²) in [6.07, 6.45) is 8.90. The normalized spacial score (nSPS) is 18.9. The Kier molecular flexibility index (Phi) is 3.57. The number of aliphatic hydroxyl groups is 1. The molecule has 2 rings (SSSR count). The molecule has 0 saturated carbocycles. The van der Waals surface area contributed by atoms with E-state index in [9.17, 15) is 0 Å². The lowest BCUT2D eigenvalue weighted by molar-refractivity contribution is 0.281. The molecule has 1 aromatic rings. The first-order valence-electron chi connectivity index (χ1n) is 5.78. The van der Waals surface area contributed by atoms with Gasteiger partial charge in [0.2, 0.25) is 0 Å². The second-order valence-electron chi connectivity index (χ2n) is 4.18. The number of aliphatic hydroxyl groups excluding tert-OH is 1. The van der Waals surface area contributed by atoms with E-state index in [2.05, 4.69) is 36.4 Å². The highest BCUT2D eigenvalue weighted by Gasteiger charge is 2.15. The Hall–Kier alpha value is -1.08. The van der Waals surface area contributed by atoms with Crippen LogP contribution in [0.4, 0.5) is 0 Å². The molecule has 0 heterocycles. The first-order chi connectivity index (χ1) is 7.42. The molecule has 1 N–H and O–H groups in total. The Morgan fingerprint density at radius 2 is 2.07 bits per heavy atom. The number of hydrogen-bond acceptors (Lipinski definition) is 1. The summed E-state index contributed by atoms with van der Waals surface area (Å²) in [4.78, 5) is 0. The molecule has 0 aromatic heterocycles. The number of rotatable bonds is 4. The van der Waals surface area contributed by atoms with Crippen LogP contribution in [0.1, 0.15) is 42.7 Å². The third kappa shape index (κ3) is 2.48. The van der Waals surface area contributed by atoms with Crippen molar-refractivity contribution in [1.29, 1.82) is 0 Å². The van der Waals surface area contributed by atoms with Gasteiger partial charge < -0.3 is 5.11 Å². The summed E-state index contributed by atoms with van der Waals surface area (Å²) in [5, 5.41) is 8.78. The number of unbranched alkanes of at least 4 members (excludes halogenated alkanes) is 1. The van der Waals surface area contributed by atoms with Crippen molar-refractivity contribution in [3.63, 3.8) is 0 Å². The van der Waals surface area contributed by atoms with Crippen LogP contribution < -0.4 is 0 Å². The quantitative estimate of drug-likeness (QED) is 0.742. The van der Waals surface area contributed by atoms with Crippen molar-refractivity contribution in [2.45, 2.75) is 31.6 Å². The lowest BCUT2D eigenvalue weighted by atomic mass is 9.84. The zero-order chi connectivity index (χ0) is 10.5. The van der Waals surface area contributed by atoms with Crippen molar-refractivity contribution < 1.29 is 5.11 Å². The largest absolute Gasteiger partial charge is 0.396 e. The molecule has 1 aliphatic rings. The molecule has 0 aliphatic heterocycles. The number of allylic oxidation sites excluding steroid dienone is 1. The van der Waals surface area contributed by atoms with E-state index in [1.807, 2.05) is 0 Å². The van der Waals surface area contributed by atoms with Crippen molar-refractivity contribution in [3.8, 4) is 0 Å². The first kappa shape index (κ1) is 10.4. The second kappa shape index (κ2) is 5.13. The molecule has 0 radical (unpaired) electrons. The third-order valence-corrected chi connectivity index (χ3v) is 3.11. The Morgan fingerprint density at radius 3 is 2.93 bits per heavy atom. The summed E-state index contributed by atoms with van der Waals surface area (Å²) < 4.78 is 0. The summed E-state index contributed by atoms with van der Waals surface area (Å²) in [5.41, 5.74) is 2.86. The maximum atomic E-state index is 8.78. The van der Waals surface area contributed by atoms with Gasteiger partial charge in [-0.05, 0) is 36.3 Å². The summed E-state index contributed by atoms with van der Waals surface area (Å²) in [6.45, 7) is 0.324. The highest BCUT2D eigenvalue weighted by Crippen LogP contribution is 2.33. The van der Waals surface area contributed by atoms with Gasteiger partial charge in [0.25, 0.3) is 0 Å². The van der Waals surface area contributed by atoms with Gasteiger partial charge in [0, 0.05) is 6.61 Å². The van der Waals surface area contributed by atoms with E-state index in [0.29, 0.717) is 12.5 Å². The zero-order valence-corrected chi connectivity index (χ0v) is 9.02. The third-order valence-electron chi connectivity index (χ3n) is 3.11. The summed E-state index contributed by atoms with van der Waals surface area (Å²) in [6, 6.07) is 8.64. The molecule has 0 bridgehead atoms. The van der Waals surface area contributed by atoms with Gasteiger partial charge in [-0.25, -0.2) is 0 Å². The highest BCUT2D eigenvalue weighted by atomic mass is 16.2. The zero-order valence-electron chi connectivity index (χ0n) is 9.02. The van der Waals surface area contributed by atoms with Crippen LogP contribution in [-0.2, 0) is 0 Å². The van der Waals surface area contributed by atoms with Crippen molar-refractivity contribution in [3.05, 3.63) is 41.5 Å². The van der Waals surface area contributed by atoms with Crippen LogP contribution in [0.25, 0.3) is 6.08 Å². The summed E-state index contributed by atoms with van der Waals surface area (Å²) in [7, 11) is 0. The van der Waals surface area contributed by atoms with Crippen LogP contribution in [0, 0.1) is 0 Å². The van der Waals surface area contributed by atoms with E-state index in [-0.39, 0.29) is 0 Å². The van der Waals surface area contributed by atoms with E-state index < -0.39 is 0 Å². The van der Waals surface area contributed by atoms with Gasteiger partial charge in [-0.2, -0.15) is 0 Å². The fraction of sp³-hybridized carbons (Fsp3) is 0.429. The molecule has 1 nitrogen and oxygen atoms in total. The lowest BCUT2D eigenvalue weighted by Gasteiger charge is -2.21. The molecule has 0 fully saturated rings. The fourth-order valence-electron chi connectivity index (χ4n) is 2.30. The van der Waals surface area contributed by atoms with Gasteiger partial charge in [0.05, 0.1) is 0 Å². The van der Waals surface area contributed by atoms with Crippen LogP contribution in [0.2, 0.25) is 0 Å². The van der Waals surface area contributed by atoms with Gasteiger partial charge in [0.1, 0.15) is 0 Å². The molecule has 0 spiro atoms. The molecule has 15 heavy (non-hydrogen) atoms. The molecule has 1 aliphatic carbocycles. The minimum absolute atomic E-state index is 0.324. The van der Waals surface area contributed by atoms with Crippen molar-refractivity contribution in [2.24, 2.45) is 0 Å². The van der Waals surface area contributed by atoms with E-state index in [4.69, 9.17) is 5.11 Å². The Morgan fingerprint density at radius 1 is 1.20 bits per heavy atom. The minimum atomic E-state index is 0.324. The molecule has 1 atom stereocenters. The Labute approximate surface area is 91.4 Å². The standard InChI is InChI=1S/C14H18O/c15-11-4-3-7-13-9-5-8-12-6-1-2-10-14(12)13/h1-2,5-6,8,10,13,15H,3-4,7,9,11H2. The molecular formula is C14H18O. The highest BCUT2D eigenvalue weighted by molar-refractivity contribution is 5.57. The smallest absolute Gasteiger partial charge is 0.0431 e. The predicted molar refractivity (Wildman–Crippen MR) is 63.8 cm³/mol. The van der Waals surface area contributed by atoms with Crippen LogP contribution in [0.3, 0.4) is 0 Å². The molecule has 1 heteroatoms. The lowest BCUT2D eigenvalue weighted by Crippen LogP contribution is -2.04. The number of hydrogen-bond donors (Lipinski definition) is 1. The average molecular weight is 202 g/mol. The molecule has 1 unspecified atom stereocenters. The SMILES string of the molecule is OCCCCC1CC=Cc2ccccc21. The maximum Gasteiger partial charge on any atom is 0.0431 e. The molecule has 0 amide bonds. The van der Waals surface area contributed by atoms with Crippen LogP contribution in [0.5, 0.6) is 0 Å². The molecule has 0 saturated heterocycles. The average Bonchev–Trinajstić information content (AvgIpc) is 2.30. The van der Waals surface area contributed by atoms with E-state index in [0.717, 1.165) is 19.3 Å². The summed E-state index contributed by atoms with van der Waals surface area (Å²) >= 11 is 0. The van der Waals surface area contributed by atoms with Gasteiger partial charge in [0.15, 0.2) is 0 Å². The predicted octanol–water partition coefficient (Wildman–Crippen LogP) is 3.35. The van der Waals surface area contributed by atoms with Crippen molar-refractivity contribution in [1.82, 2.24) is 0 Å². The van der Waals surface area contributed by atoms with Gasteiger partial charge in [-0.15, -0.1) is 0 Å². The van der Waals surface area contributed by atoms with Crippen molar-refractivity contribution in [2.75, 3.05) is 6.61 Å². The van der Waals surface area contributed by atoms with Gasteiger partial charge in [-0.1, -0.05) is 42.8 Å². The van der Waals surface area contributed by atoms with Crippen LogP contribution >= 0.6 is 0 Å². The van der Waals surface area contributed by atoms with E-state index in [1.165, 1.54) is 17.5 Å². The van der Waals surface area contributed by atoms with E-state index in [1.54, 1.807) is 0 Å². The van der Waals surface area contributed by atoms with E-state index >= 15 is 0 Å². The van der Waals surface area contributed by atoms with Gasteiger partial charge >= 0.3 is 0 Å². The number of fused-ring (bicyclic) bond motifs is 1. The van der Waals surface area contributed by atoms with Gasteiger partial charge in [-0.3, -0.25) is 0 Å². The topological polar surface area (TPSA) is 20.2 Å². The summed E-state index contributed by atoms with van der Waals surface area (Å²) in [5.74, 6) is 0.665. The monoisotopic (exact) mass is 202 g/mol. The maximum absolute atomic E-state index is 8.78. The Bertz CT molecular complexity index is 341. The first-order valence-corrected chi connectivity index (χ1v) is 5.78. The molecular weight excluding hydrogens is 184 g/mol. The second-order valence-corrected chi connectivity index (χ2v) is 4.18. The fourth-order valence-corrected chi connectivity index (χ4v) is 2.30. The van der Waals surface area contributed by atoms with Crippen LogP contribution in [0.15, 0.2) is 30.3 Å². The Balaban J connectivity index is 2.05. The number of benzene rings is 1. The minimum Gasteiger partial charge on any atom is -0.396 e.